The Bertz CT molecular complexity index is 639. The van der Waals surface area contributed by atoms with Gasteiger partial charge in [-0.15, -0.1) is 0 Å². The average Bonchev–Trinajstić information content (AvgIpc) is 2.95. The Balaban J connectivity index is 1.76. The molecule has 0 saturated carbocycles. The lowest BCUT2D eigenvalue weighted by molar-refractivity contribution is -0.384. The Kier molecular flexibility index (Phi) is 4.78. The number of hydrogen-bond donors (Lipinski definition) is 2. The first-order valence-corrected chi connectivity index (χ1v) is 6.43. The van der Waals surface area contributed by atoms with Gasteiger partial charge in [0.2, 0.25) is 0 Å². The molecule has 1 amide bonds. The van der Waals surface area contributed by atoms with Crippen LogP contribution in [0, 0.1) is 10.1 Å². The van der Waals surface area contributed by atoms with Gasteiger partial charge >= 0.3 is 0 Å². The Morgan fingerprint density at radius 2 is 2.10 bits per heavy atom. The minimum Gasteiger partial charge on any atom is -0.492 e. The largest absolute Gasteiger partial charge is 0.492 e. The summed E-state index contributed by atoms with van der Waals surface area (Å²) in [5, 5.41) is 13.7. The highest BCUT2D eigenvalue weighted by Gasteiger charge is 2.13. The zero-order chi connectivity index (χ0) is 15.2. The molecule has 0 radical (unpaired) electrons. The number of nitrogens with zero attached hydrogens (tertiary/aromatic N) is 1. The predicted molar refractivity (Wildman–Crippen MR) is 76.7 cm³/mol. The molecule has 8 heteroatoms. The highest BCUT2D eigenvalue weighted by Crippen LogP contribution is 2.15. The van der Waals surface area contributed by atoms with Crippen molar-refractivity contribution in [1.82, 2.24) is 10.3 Å². The van der Waals surface area contributed by atoms with E-state index in [1.54, 1.807) is 24.3 Å². The van der Waals surface area contributed by atoms with Crippen LogP contribution in [0.3, 0.4) is 0 Å². The van der Waals surface area contributed by atoms with Crippen LogP contribution in [-0.4, -0.2) is 29.0 Å². The van der Waals surface area contributed by atoms with Gasteiger partial charge in [-0.3, -0.25) is 14.9 Å². The minimum absolute atomic E-state index is 0.133. The van der Waals surface area contributed by atoms with E-state index in [4.69, 9.17) is 16.3 Å². The molecule has 1 aromatic carbocycles. The van der Waals surface area contributed by atoms with Crippen LogP contribution in [0.1, 0.15) is 10.5 Å². The molecule has 1 aromatic heterocycles. The van der Waals surface area contributed by atoms with Gasteiger partial charge in [-0.25, -0.2) is 0 Å². The molecule has 0 saturated heterocycles. The molecule has 110 valence electrons. The molecular weight excluding hydrogens is 298 g/mol. The maximum atomic E-state index is 11.7. The van der Waals surface area contributed by atoms with Gasteiger partial charge in [0.1, 0.15) is 18.1 Å². The van der Waals surface area contributed by atoms with Crippen LogP contribution in [-0.2, 0) is 0 Å². The van der Waals surface area contributed by atoms with Crippen molar-refractivity contribution >= 4 is 23.2 Å². The summed E-state index contributed by atoms with van der Waals surface area (Å²) in [5.41, 5.74) is -0.0224. The van der Waals surface area contributed by atoms with Gasteiger partial charge in [-0.1, -0.05) is 11.6 Å². The lowest BCUT2D eigenvalue weighted by Crippen LogP contribution is -2.28. The predicted octanol–water partition coefficient (Wildman–Crippen LogP) is 2.39. The maximum Gasteiger partial charge on any atom is 0.287 e. The number of amides is 1. The average molecular weight is 310 g/mol. The van der Waals surface area contributed by atoms with E-state index in [0.717, 1.165) is 0 Å². The summed E-state index contributed by atoms with van der Waals surface area (Å²) in [6.07, 6.45) is 1.17. The molecule has 0 aliphatic heterocycles. The maximum absolute atomic E-state index is 11.7. The zero-order valence-electron chi connectivity index (χ0n) is 10.8. The van der Waals surface area contributed by atoms with Gasteiger partial charge in [-0.05, 0) is 24.3 Å². The first-order chi connectivity index (χ1) is 10.1. The number of nitro groups is 1. The standard InChI is InChI=1S/C13H12ClN3O4/c14-9-1-3-11(4-2-9)21-6-5-15-13(18)12-7-10(8-16-12)17(19)20/h1-4,7-8,16H,5-6H2,(H,15,18). The number of ether oxygens (including phenoxy) is 1. The number of halogens is 1. The van der Waals surface area contributed by atoms with Crippen molar-refractivity contribution in [3.63, 3.8) is 0 Å². The Morgan fingerprint density at radius 1 is 1.38 bits per heavy atom. The lowest BCUT2D eigenvalue weighted by atomic mass is 10.3. The third-order valence-electron chi connectivity index (χ3n) is 2.59. The van der Waals surface area contributed by atoms with Crippen molar-refractivity contribution in [3.05, 3.63) is 57.4 Å². The second-order valence-corrected chi connectivity index (χ2v) is 4.52. The molecule has 0 aliphatic carbocycles. The van der Waals surface area contributed by atoms with Crippen molar-refractivity contribution in [2.75, 3.05) is 13.2 Å². The number of benzene rings is 1. The Hall–Kier alpha value is -2.54. The molecule has 0 fully saturated rings. The van der Waals surface area contributed by atoms with Gasteiger partial charge in [0.25, 0.3) is 11.6 Å². The summed E-state index contributed by atoms with van der Waals surface area (Å²) in [5.74, 6) is 0.215. The number of nitrogens with one attached hydrogen (secondary N) is 2. The van der Waals surface area contributed by atoms with Crippen molar-refractivity contribution in [2.45, 2.75) is 0 Å². The van der Waals surface area contributed by atoms with E-state index in [0.29, 0.717) is 10.8 Å². The van der Waals surface area contributed by atoms with E-state index in [9.17, 15) is 14.9 Å². The van der Waals surface area contributed by atoms with Crippen molar-refractivity contribution in [2.24, 2.45) is 0 Å². The quantitative estimate of drug-likeness (QED) is 0.486. The van der Waals surface area contributed by atoms with Crippen molar-refractivity contribution in [1.29, 1.82) is 0 Å². The van der Waals surface area contributed by atoms with E-state index in [1.165, 1.54) is 12.3 Å². The number of aromatic nitrogens is 1. The van der Waals surface area contributed by atoms with Crippen LogP contribution < -0.4 is 10.1 Å². The van der Waals surface area contributed by atoms with E-state index < -0.39 is 10.8 Å². The van der Waals surface area contributed by atoms with Crippen LogP contribution >= 0.6 is 11.6 Å². The number of rotatable bonds is 6. The summed E-state index contributed by atoms with van der Waals surface area (Å²) in [4.78, 5) is 24.2. The normalized spacial score (nSPS) is 10.1. The van der Waals surface area contributed by atoms with E-state index in [2.05, 4.69) is 10.3 Å². The summed E-state index contributed by atoms with van der Waals surface area (Å²) >= 11 is 5.74. The summed E-state index contributed by atoms with van der Waals surface area (Å²) < 4.78 is 5.40. The fourth-order valence-electron chi connectivity index (χ4n) is 1.58. The van der Waals surface area contributed by atoms with Gasteiger partial charge in [0, 0.05) is 11.1 Å². The number of H-pyrrole nitrogens is 1. The minimum atomic E-state index is -0.572. The van der Waals surface area contributed by atoms with Crippen molar-refractivity contribution in [3.8, 4) is 5.75 Å². The molecular formula is C13H12ClN3O4. The zero-order valence-corrected chi connectivity index (χ0v) is 11.6. The van der Waals surface area contributed by atoms with Crippen molar-refractivity contribution < 1.29 is 14.5 Å². The SMILES string of the molecule is O=C(NCCOc1ccc(Cl)cc1)c1cc([N+](=O)[O-])c[nH]1. The number of carbonyl (C=O) groups is 1. The molecule has 2 N–H and O–H groups in total. The highest BCUT2D eigenvalue weighted by molar-refractivity contribution is 6.30. The fourth-order valence-corrected chi connectivity index (χ4v) is 1.70. The van der Waals surface area contributed by atoms with E-state index in [1.807, 2.05) is 0 Å². The second kappa shape index (κ2) is 6.76. The lowest BCUT2D eigenvalue weighted by Gasteiger charge is -2.07. The van der Waals surface area contributed by atoms with Crippen LogP contribution in [0.4, 0.5) is 5.69 Å². The molecule has 2 rings (SSSR count). The summed E-state index contributed by atoms with van der Waals surface area (Å²) in [7, 11) is 0. The topological polar surface area (TPSA) is 97.3 Å². The molecule has 1 heterocycles. The first-order valence-electron chi connectivity index (χ1n) is 6.05. The van der Waals surface area contributed by atoms with Crippen LogP contribution in [0.5, 0.6) is 5.75 Å². The van der Waals surface area contributed by atoms with E-state index in [-0.39, 0.29) is 24.5 Å². The van der Waals surface area contributed by atoms with Crippen LogP contribution in [0.15, 0.2) is 36.5 Å². The third-order valence-corrected chi connectivity index (χ3v) is 2.85. The Morgan fingerprint density at radius 3 is 2.71 bits per heavy atom. The number of hydrogen-bond acceptors (Lipinski definition) is 4. The molecule has 21 heavy (non-hydrogen) atoms. The number of aromatic amines is 1. The molecule has 0 unspecified atom stereocenters. The van der Waals surface area contributed by atoms with Gasteiger partial charge < -0.3 is 15.0 Å². The molecule has 0 aliphatic rings. The molecule has 0 bridgehead atoms. The smallest absolute Gasteiger partial charge is 0.287 e. The molecule has 0 spiro atoms. The van der Waals surface area contributed by atoms with Crippen LogP contribution in [0.25, 0.3) is 0 Å². The van der Waals surface area contributed by atoms with Crippen LogP contribution in [0.2, 0.25) is 5.02 Å². The summed E-state index contributed by atoms with van der Waals surface area (Å²) in [6.45, 7) is 0.546. The molecule has 2 aromatic rings. The molecule has 0 atom stereocenters. The highest BCUT2D eigenvalue weighted by atomic mass is 35.5. The third kappa shape index (κ3) is 4.22. The van der Waals surface area contributed by atoms with Gasteiger partial charge in [0.05, 0.1) is 17.7 Å². The van der Waals surface area contributed by atoms with Gasteiger partial charge in [-0.2, -0.15) is 0 Å². The van der Waals surface area contributed by atoms with Gasteiger partial charge in [0.15, 0.2) is 0 Å². The number of carbonyl (C=O) groups excluding carboxylic acids is 1. The fraction of sp³-hybridized carbons (Fsp3) is 0.154. The second-order valence-electron chi connectivity index (χ2n) is 4.09. The summed E-state index contributed by atoms with van der Waals surface area (Å²) in [6, 6.07) is 8.02. The molecule has 7 nitrogen and oxygen atoms in total. The van der Waals surface area contributed by atoms with E-state index >= 15 is 0 Å². The monoisotopic (exact) mass is 309 g/mol. The Labute approximate surface area is 125 Å². The first kappa shape index (κ1) is 14.9.